The number of aliphatic hydroxyl groups is 1. The second kappa shape index (κ2) is 5.85. The lowest BCUT2D eigenvalue weighted by molar-refractivity contribution is 0.0618. The van der Waals surface area contributed by atoms with E-state index in [-0.39, 0.29) is 6.04 Å². The Morgan fingerprint density at radius 3 is 2.17 bits per heavy atom. The molecule has 0 unspecified atom stereocenters. The first-order valence-electron chi connectivity index (χ1n) is 7.10. The van der Waals surface area contributed by atoms with Gasteiger partial charge in [0, 0.05) is 0 Å². The number of nitrogens with two attached hydrogens (primary N) is 1. The molecule has 2 nitrogen and oxygen atoms in total. The summed E-state index contributed by atoms with van der Waals surface area (Å²) in [6.45, 7) is 4.16. The maximum atomic E-state index is 10.5. The molecular formula is C16H25NO. The van der Waals surface area contributed by atoms with Crippen molar-refractivity contribution in [2.45, 2.75) is 58.1 Å². The summed E-state index contributed by atoms with van der Waals surface area (Å²) in [5, 5.41) is 10.5. The molecule has 1 aromatic rings. The van der Waals surface area contributed by atoms with Crippen molar-refractivity contribution in [2.75, 3.05) is 0 Å². The predicted molar refractivity (Wildman–Crippen MR) is 75.4 cm³/mol. The molecule has 2 atom stereocenters. The number of hydrogen-bond donors (Lipinski definition) is 2. The highest BCUT2D eigenvalue weighted by Crippen LogP contribution is 2.31. The van der Waals surface area contributed by atoms with Gasteiger partial charge in [-0.2, -0.15) is 0 Å². The van der Waals surface area contributed by atoms with Crippen LogP contribution >= 0.6 is 0 Å². The second-order valence-electron chi connectivity index (χ2n) is 5.84. The van der Waals surface area contributed by atoms with Crippen LogP contribution in [-0.2, 0) is 0 Å². The van der Waals surface area contributed by atoms with Crippen molar-refractivity contribution in [3.05, 3.63) is 34.9 Å². The van der Waals surface area contributed by atoms with E-state index in [1.165, 1.54) is 30.4 Å². The van der Waals surface area contributed by atoms with Crippen LogP contribution in [0.2, 0.25) is 0 Å². The minimum atomic E-state index is -0.397. The van der Waals surface area contributed by atoms with Gasteiger partial charge in [0.05, 0.1) is 12.1 Å². The van der Waals surface area contributed by atoms with E-state index in [1.807, 2.05) is 0 Å². The smallest absolute Gasteiger partial charge is 0.0760 e. The van der Waals surface area contributed by atoms with Gasteiger partial charge in [0.1, 0.15) is 0 Å². The molecule has 0 amide bonds. The Labute approximate surface area is 110 Å². The lowest BCUT2D eigenvalue weighted by atomic mass is 9.81. The molecule has 100 valence electrons. The molecule has 0 saturated heterocycles. The van der Waals surface area contributed by atoms with Crippen LogP contribution in [0, 0.1) is 19.8 Å². The number of rotatable bonds is 3. The Morgan fingerprint density at radius 2 is 1.61 bits per heavy atom. The zero-order chi connectivity index (χ0) is 13.1. The van der Waals surface area contributed by atoms with Gasteiger partial charge in [-0.05, 0) is 38.2 Å². The summed E-state index contributed by atoms with van der Waals surface area (Å²) in [6.07, 6.45) is 5.63. The SMILES string of the molecule is Cc1cc(C)cc([C@H](N)[C@H](O)C2CCCCC2)c1. The van der Waals surface area contributed by atoms with E-state index in [0.29, 0.717) is 5.92 Å². The van der Waals surface area contributed by atoms with Crippen LogP contribution < -0.4 is 5.73 Å². The zero-order valence-electron chi connectivity index (χ0n) is 11.5. The van der Waals surface area contributed by atoms with Gasteiger partial charge in [-0.1, -0.05) is 48.6 Å². The molecule has 1 aliphatic rings. The van der Waals surface area contributed by atoms with Crippen LogP contribution in [0.15, 0.2) is 18.2 Å². The first kappa shape index (κ1) is 13.6. The summed E-state index contributed by atoms with van der Waals surface area (Å²) in [4.78, 5) is 0. The molecule has 18 heavy (non-hydrogen) atoms. The quantitative estimate of drug-likeness (QED) is 0.861. The van der Waals surface area contributed by atoms with Crippen LogP contribution in [0.4, 0.5) is 0 Å². The number of benzene rings is 1. The summed E-state index contributed by atoms with van der Waals surface area (Å²) in [7, 11) is 0. The van der Waals surface area contributed by atoms with E-state index < -0.39 is 6.10 Å². The summed E-state index contributed by atoms with van der Waals surface area (Å²) in [5.74, 6) is 0.384. The minimum absolute atomic E-state index is 0.244. The molecule has 0 radical (unpaired) electrons. The van der Waals surface area contributed by atoms with Crippen LogP contribution in [0.5, 0.6) is 0 Å². The molecule has 3 N–H and O–H groups in total. The van der Waals surface area contributed by atoms with Crippen molar-refractivity contribution in [1.29, 1.82) is 0 Å². The number of hydrogen-bond acceptors (Lipinski definition) is 2. The van der Waals surface area contributed by atoms with Crippen molar-refractivity contribution in [1.82, 2.24) is 0 Å². The minimum Gasteiger partial charge on any atom is -0.391 e. The Hall–Kier alpha value is -0.860. The standard InChI is InChI=1S/C16H25NO/c1-11-8-12(2)10-14(9-11)15(17)16(18)13-6-4-3-5-7-13/h8-10,13,15-16,18H,3-7,17H2,1-2H3/t15-,16+/m0/s1. The molecule has 2 heteroatoms. The summed E-state index contributed by atoms with van der Waals surface area (Å²) >= 11 is 0. The lowest BCUT2D eigenvalue weighted by Crippen LogP contribution is -2.34. The Kier molecular flexibility index (Phi) is 4.41. The van der Waals surface area contributed by atoms with Crippen LogP contribution in [0.1, 0.15) is 54.8 Å². The van der Waals surface area contributed by atoms with Crippen LogP contribution in [0.25, 0.3) is 0 Å². The molecule has 1 saturated carbocycles. The molecule has 0 spiro atoms. The van der Waals surface area contributed by atoms with Crippen molar-refractivity contribution < 1.29 is 5.11 Å². The summed E-state index contributed by atoms with van der Waals surface area (Å²) in [6, 6.07) is 6.10. The average molecular weight is 247 g/mol. The van der Waals surface area contributed by atoms with Gasteiger partial charge < -0.3 is 10.8 Å². The molecule has 1 aliphatic carbocycles. The topological polar surface area (TPSA) is 46.2 Å². The molecule has 0 aliphatic heterocycles. The van der Waals surface area contributed by atoms with E-state index in [0.717, 1.165) is 18.4 Å². The molecule has 0 bridgehead atoms. The Balaban J connectivity index is 2.11. The van der Waals surface area contributed by atoms with Crippen molar-refractivity contribution in [2.24, 2.45) is 11.7 Å². The van der Waals surface area contributed by atoms with Crippen LogP contribution in [0.3, 0.4) is 0 Å². The van der Waals surface area contributed by atoms with E-state index in [4.69, 9.17) is 5.73 Å². The monoisotopic (exact) mass is 247 g/mol. The maximum absolute atomic E-state index is 10.5. The molecule has 1 aromatic carbocycles. The van der Waals surface area contributed by atoms with Crippen LogP contribution in [-0.4, -0.2) is 11.2 Å². The number of aryl methyl sites for hydroxylation is 2. The highest BCUT2D eigenvalue weighted by Gasteiger charge is 2.27. The summed E-state index contributed by atoms with van der Waals surface area (Å²) < 4.78 is 0. The second-order valence-corrected chi connectivity index (χ2v) is 5.84. The van der Waals surface area contributed by atoms with Crippen molar-refractivity contribution in [3.63, 3.8) is 0 Å². The third-order valence-corrected chi connectivity index (χ3v) is 4.13. The van der Waals surface area contributed by atoms with E-state index in [1.54, 1.807) is 0 Å². The Bertz CT molecular complexity index is 376. The molecule has 2 rings (SSSR count). The molecule has 0 heterocycles. The Morgan fingerprint density at radius 1 is 1.06 bits per heavy atom. The normalized spacial score (nSPS) is 20.7. The van der Waals surface area contributed by atoms with E-state index >= 15 is 0 Å². The molecule has 0 aromatic heterocycles. The van der Waals surface area contributed by atoms with Gasteiger partial charge in [-0.15, -0.1) is 0 Å². The summed E-state index contributed by atoms with van der Waals surface area (Å²) in [5.41, 5.74) is 9.77. The molecule has 1 fully saturated rings. The van der Waals surface area contributed by atoms with Gasteiger partial charge >= 0.3 is 0 Å². The fraction of sp³-hybridized carbons (Fsp3) is 0.625. The van der Waals surface area contributed by atoms with E-state index in [2.05, 4.69) is 32.0 Å². The van der Waals surface area contributed by atoms with Gasteiger partial charge in [-0.3, -0.25) is 0 Å². The first-order chi connectivity index (χ1) is 8.58. The zero-order valence-corrected chi connectivity index (χ0v) is 11.5. The van der Waals surface area contributed by atoms with Gasteiger partial charge in [0.15, 0.2) is 0 Å². The van der Waals surface area contributed by atoms with E-state index in [9.17, 15) is 5.11 Å². The fourth-order valence-electron chi connectivity index (χ4n) is 3.17. The first-order valence-corrected chi connectivity index (χ1v) is 7.10. The fourth-order valence-corrected chi connectivity index (χ4v) is 3.17. The highest BCUT2D eigenvalue weighted by molar-refractivity contribution is 5.31. The van der Waals surface area contributed by atoms with Crippen molar-refractivity contribution in [3.8, 4) is 0 Å². The average Bonchev–Trinajstić information content (AvgIpc) is 2.37. The third-order valence-electron chi connectivity index (χ3n) is 4.13. The van der Waals surface area contributed by atoms with Gasteiger partial charge in [-0.25, -0.2) is 0 Å². The highest BCUT2D eigenvalue weighted by atomic mass is 16.3. The molecular weight excluding hydrogens is 222 g/mol. The van der Waals surface area contributed by atoms with Crippen molar-refractivity contribution >= 4 is 0 Å². The lowest BCUT2D eigenvalue weighted by Gasteiger charge is -2.30. The maximum Gasteiger partial charge on any atom is 0.0760 e. The third kappa shape index (κ3) is 3.12. The van der Waals surface area contributed by atoms with Gasteiger partial charge in [0.2, 0.25) is 0 Å². The van der Waals surface area contributed by atoms with Gasteiger partial charge in [0.25, 0.3) is 0 Å². The number of aliphatic hydroxyl groups excluding tert-OH is 1. The predicted octanol–water partition coefficient (Wildman–Crippen LogP) is 3.24. The largest absolute Gasteiger partial charge is 0.391 e.